The number of sulfone groups is 1. The van der Waals surface area contributed by atoms with Gasteiger partial charge in [-0.15, -0.1) is 0 Å². The third-order valence-corrected chi connectivity index (χ3v) is 6.97. The summed E-state index contributed by atoms with van der Waals surface area (Å²) in [6.45, 7) is 2.52. The second kappa shape index (κ2) is 6.85. The third-order valence-electron chi connectivity index (χ3n) is 3.89. The van der Waals surface area contributed by atoms with Crippen LogP contribution in [0.25, 0.3) is 6.08 Å². The van der Waals surface area contributed by atoms with Crippen molar-refractivity contribution in [3.63, 3.8) is 0 Å². The fraction of sp³-hybridized carbons (Fsp3) is 0.375. The predicted molar refractivity (Wildman–Crippen MR) is 99.7 cm³/mol. The maximum Gasteiger partial charge on any atom is 0.266 e. The van der Waals surface area contributed by atoms with Gasteiger partial charge in [-0.25, -0.2) is 8.42 Å². The summed E-state index contributed by atoms with van der Waals surface area (Å²) in [6.07, 6.45) is 2.23. The van der Waals surface area contributed by atoms with Gasteiger partial charge in [-0.1, -0.05) is 36.1 Å². The minimum Gasteiger partial charge on any atom is -0.494 e. The van der Waals surface area contributed by atoms with Gasteiger partial charge in [0, 0.05) is 0 Å². The summed E-state index contributed by atoms with van der Waals surface area (Å²) in [5.74, 6) is 0.682. The minimum absolute atomic E-state index is 0.00419. The number of nitrogens with zero attached hydrogens (tertiary/aromatic N) is 1. The molecule has 1 atom stereocenters. The van der Waals surface area contributed by atoms with Crippen LogP contribution in [0, 0.1) is 0 Å². The Kier molecular flexibility index (Phi) is 4.98. The molecule has 8 heteroatoms. The first kappa shape index (κ1) is 17.4. The molecule has 1 amide bonds. The van der Waals surface area contributed by atoms with Crippen molar-refractivity contribution >= 4 is 50.1 Å². The van der Waals surface area contributed by atoms with Crippen molar-refractivity contribution in [1.82, 2.24) is 4.90 Å². The third kappa shape index (κ3) is 3.65. The second-order valence-corrected chi connectivity index (χ2v) is 9.52. The summed E-state index contributed by atoms with van der Waals surface area (Å²) in [4.78, 5) is 14.6. The lowest BCUT2D eigenvalue weighted by atomic mass is 10.2. The van der Waals surface area contributed by atoms with E-state index in [1.807, 2.05) is 31.2 Å². The van der Waals surface area contributed by atoms with Gasteiger partial charge in [0.2, 0.25) is 0 Å². The summed E-state index contributed by atoms with van der Waals surface area (Å²) >= 11 is 6.51. The first-order valence-electron chi connectivity index (χ1n) is 7.60. The van der Waals surface area contributed by atoms with E-state index in [9.17, 15) is 13.2 Å². The number of benzene rings is 1. The number of rotatable bonds is 4. The molecule has 0 aromatic heterocycles. The Morgan fingerprint density at radius 1 is 1.38 bits per heavy atom. The Balaban J connectivity index is 1.78. The molecular formula is C16H17NO4S3. The van der Waals surface area contributed by atoms with Crippen LogP contribution in [-0.2, 0) is 14.6 Å². The maximum atomic E-state index is 12.6. The molecule has 2 aliphatic heterocycles. The van der Waals surface area contributed by atoms with Crippen molar-refractivity contribution in [3.05, 3.63) is 34.7 Å². The van der Waals surface area contributed by atoms with E-state index in [4.69, 9.17) is 17.0 Å². The Morgan fingerprint density at radius 3 is 2.67 bits per heavy atom. The molecule has 0 saturated carbocycles. The molecule has 5 nitrogen and oxygen atoms in total. The lowest BCUT2D eigenvalue weighted by Gasteiger charge is -2.20. The Bertz CT molecular complexity index is 799. The zero-order valence-corrected chi connectivity index (χ0v) is 15.5. The van der Waals surface area contributed by atoms with E-state index in [0.717, 1.165) is 11.3 Å². The summed E-state index contributed by atoms with van der Waals surface area (Å²) < 4.78 is 29.1. The molecular weight excluding hydrogens is 366 g/mol. The molecule has 0 spiro atoms. The van der Waals surface area contributed by atoms with Crippen LogP contribution < -0.4 is 4.74 Å². The average Bonchev–Trinajstić information content (AvgIpc) is 3.01. The number of amides is 1. The lowest BCUT2D eigenvalue weighted by Crippen LogP contribution is -2.39. The van der Waals surface area contributed by atoms with Crippen LogP contribution in [0.5, 0.6) is 5.75 Å². The highest BCUT2D eigenvalue weighted by Gasteiger charge is 2.42. The standard InChI is InChI=1S/C16H17NO4S3/c1-2-21-13-5-3-11(4-6-13)9-14-15(18)17(16(22)23-14)12-7-8-24(19,20)10-12/h3-6,9,12H,2,7-8,10H2,1H3/b14-9+/t12-/m1/s1. The van der Waals surface area contributed by atoms with Crippen molar-refractivity contribution in [2.45, 2.75) is 19.4 Å². The molecule has 2 aliphatic rings. The van der Waals surface area contributed by atoms with E-state index >= 15 is 0 Å². The molecule has 24 heavy (non-hydrogen) atoms. The zero-order valence-electron chi connectivity index (χ0n) is 13.1. The molecule has 1 aromatic carbocycles. The topological polar surface area (TPSA) is 63.7 Å². The van der Waals surface area contributed by atoms with Crippen LogP contribution in [0.4, 0.5) is 0 Å². The molecule has 2 saturated heterocycles. The number of thiocarbonyl (C=S) groups is 1. The van der Waals surface area contributed by atoms with E-state index in [-0.39, 0.29) is 23.5 Å². The normalized spacial score (nSPS) is 24.8. The van der Waals surface area contributed by atoms with Gasteiger partial charge in [0.25, 0.3) is 5.91 Å². The average molecular weight is 384 g/mol. The smallest absolute Gasteiger partial charge is 0.266 e. The van der Waals surface area contributed by atoms with Crippen molar-refractivity contribution in [3.8, 4) is 5.75 Å². The van der Waals surface area contributed by atoms with Gasteiger partial charge in [-0.05, 0) is 37.1 Å². The molecule has 2 fully saturated rings. The summed E-state index contributed by atoms with van der Waals surface area (Å²) in [5, 5.41) is 0. The van der Waals surface area contributed by atoms with Crippen molar-refractivity contribution < 1.29 is 17.9 Å². The highest BCUT2D eigenvalue weighted by molar-refractivity contribution is 8.26. The van der Waals surface area contributed by atoms with Crippen molar-refractivity contribution in [2.24, 2.45) is 0 Å². The molecule has 128 valence electrons. The predicted octanol–water partition coefficient (Wildman–Crippen LogP) is 2.47. The number of hydrogen-bond acceptors (Lipinski definition) is 6. The van der Waals surface area contributed by atoms with E-state index in [0.29, 0.717) is 22.3 Å². The van der Waals surface area contributed by atoms with E-state index < -0.39 is 9.84 Å². The van der Waals surface area contributed by atoms with Gasteiger partial charge in [-0.3, -0.25) is 9.69 Å². The number of carbonyl (C=O) groups excluding carboxylic acids is 1. The summed E-state index contributed by atoms with van der Waals surface area (Å²) in [5.41, 5.74) is 0.873. The number of hydrogen-bond donors (Lipinski definition) is 0. The second-order valence-electron chi connectivity index (χ2n) is 5.61. The summed E-state index contributed by atoms with van der Waals surface area (Å²) in [6, 6.07) is 7.10. The van der Waals surface area contributed by atoms with Crippen LogP contribution in [0.2, 0.25) is 0 Å². The Morgan fingerprint density at radius 2 is 2.08 bits per heavy atom. The highest BCUT2D eigenvalue weighted by atomic mass is 32.2. The fourth-order valence-electron chi connectivity index (χ4n) is 2.75. The number of thioether (sulfide) groups is 1. The fourth-order valence-corrected chi connectivity index (χ4v) is 5.85. The molecule has 0 unspecified atom stereocenters. The molecule has 0 radical (unpaired) electrons. The van der Waals surface area contributed by atoms with Crippen LogP contribution >= 0.6 is 24.0 Å². The zero-order chi connectivity index (χ0) is 17.3. The van der Waals surface area contributed by atoms with Crippen molar-refractivity contribution in [2.75, 3.05) is 18.1 Å². The highest BCUT2D eigenvalue weighted by Crippen LogP contribution is 2.36. The SMILES string of the molecule is CCOc1ccc(/C=C2/SC(=S)N([C@@H]3CCS(=O)(=O)C3)C2=O)cc1. The monoisotopic (exact) mass is 383 g/mol. The Labute approximate surface area is 151 Å². The maximum absolute atomic E-state index is 12.6. The van der Waals surface area contributed by atoms with Crippen LogP contribution in [-0.4, -0.2) is 47.7 Å². The largest absolute Gasteiger partial charge is 0.494 e. The molecule has 0 aliphatic carbocycles. The number of ether oxygens (including phenoxy) is 1. The van der Waals surface area contributed by atoms with Gasteiger partial charge < -0.3 is 4.74 Å². The molecule has 2 heterocycles. The minimum atomic E-state index is -3.06. The van der Waals surface area contributed by atoms with Gasteiger partial charge in [0.1, 0.15) is 10.1 Å². The van der Waals surface area contributed by atoms with Gasteiger partial charge in [-0.2, -0.15) is 0 Å². The van der Waals surface area contributed by atoms with E-state index in [2.05, 4.69) is 0 Å². The van der Waals surface area contributed by atoms with Gasteiger partial charge >= 0.3 is 0 Å². The van der Waals surface area contributed by atoms with Gasteiger partial charge in [0.05, 0.1) is 29.1 Å². The first-order chi connectivity index (χ1) is 11.4. The molecule has 0 bridgehead atoms. The first-order valence-corrected chi connectivity index (χ1v) is 10.6. The van der Waals surface area contributed by atoms with Crippen molar-refractivity contribution in [1.29, 1.82) is 0 Å². The quantitative estimate of drug-likeness (QED) is 0.588. The van der Waals surface area contributed by atoms with E-state index in [1.165, 1.54) is 16.7 Å². The number of carbonyl (C=O) groups is 1. The van der Waals surface area contributed by atoms with Crippen LogP contribution in [0.1, 0.15) is 18.9 Å². The van der Waals surface area contributed by atoms with Crippen LogP contribution in [0.3, 0.4) is 0 Å². The molecule has 0 N–H and O–H groups in total. The van der Waals surface area contributed by atoms with Crippen LogP contribution in [0.15, 0.2) is 29.2 Å². The summed E-state index contributed by atoms with van der Waals surface area (Å²) in [7, 11) is -3.06. The molecule has 1 aromatic rings. The lowest BCUT2D eigenvalue weighted by molar-refractivity contribution is -0.123. The van der Waals surface area contributed by atoms with E-state index in [1.54, 1.807) is 6.08 Å². The van der Waals surface area contributed by atoms with Gasteiger partial charge in [0.15, 0.2) is 9.84 Å². The molecule has 3 rings (SSSR count). The Hall–Kier alpha value is -1.38.